The van der Waals surface area contributed by atoms with Gasteiger partial charge in [0, 0.05) is 19.5 Å². The van der Waals surface area contributed by atoms with E-state index in [4.69, 9.17) is 10.5 Å². The molecule has 15 heavy (non-hydrogen) atoms. The number of nitrogens with zero attached hydrogens (tertiary/aromatic N) is 3. The van der Waals surface area contributed by atoms with Crippen molar-refractivity contribution in [3.8, 4) is 0 Å². The third-order valence-corrected chi connectivity index (χ3v) is 2.49. The highest BCUT2D eigenvalue weighted by atomic mass is 16.5. The molecule has 1 aliphatic heterocycles. The van der Waals surface area contributed by atoms with Crippen LogP contribution in [0.1, 0.15) is 17.8 Å². The predicted molar refractivity (Wildman–Crippen MR) is 55.3 cm³/mol. The zero-order valence-corrected chi connectivity index (χ0v) is 8.94. The first-order chi connectivity index (χ1) is 7.29. The molecule has 1 aromatic rings. The molecule has 6 nitrogen and oxygen atoms in total. The van der Waals surface area contributed by atoms with Crippen molar-refractivity contribution in [2.24, 2.45) is 5.73 Å². The van der Waals surface area contributed by atoms with Crippen molar-refractivity contribution in [2.45, 2.75) is 12.5 Å². The first-order valence-corrected chi connectivity index (χ1v) is 5.21. The van der Waals surface area contributed by atoms with E-state index in [9.17, 15) is 0 Å². The minimum Gasteiger partial charge on any atom is -0.367 e. The van der Waals surface area contributed by atoms with E-state index < -0.39 is 0 Å². The lowest BCUT2D eigenvalue weighted by atomic mass is 10.3. The Labute approximate surface area is 88.8 Å². The number of nitrogens with two attached hydrogens (primary N) is 1. The lowest BCUT2D eigenvalue weighted by Crippen LogP contribution is -2.35. The Morgan fingerprint density at radius 2 is 2.53 bits per heavy atom. The molecule has 2 rings (SSSR count). The minimum absolute atomic E-state index is 0.00785. The molecule has 6 heteroatoms. The Morgan fingerprint density at radius 3 is 3.27 bits per heavy atom. The first kappa shape index (κ1) is 10.5. The number of ether oxygens (including phenoxy) is 1. The Morgan fingerprint density at radius 1 is 1.67 bits per heavy atom. The number of likely N-dealkylation sites (N-methyl/N-ethyl adjacent to an activating group) is 1. The highest BCUT2D eigenvalue weighted by Gasteiger charge is 2.22. The van der Waals surface area contributed by atoms with Crippen LogP contribution in [-0.2, 0) is 11.2 Å². The van der Waals surface area contributed by atoms with E-state index in [2.05, 4.69) is 27.1 Å². The normalized spacial score (nSPS) is 23.2. The van der Waals surface area contributed by atoms with Crippen molar-refractivity contribution in [1.29, 1.82) is 0 Å². The molecule has 84 valence electrons. The van der Waals surface area contributed by atoms with Crippen LogP contribution in [0.5, 0.6) is 0 Å². The second kappa shape index (κ2) is 4.69. The second-order valence-corrected chi connectivity index (χ2v) is 3.80. The summed E-state index contributed by atoms with van der Waals surface area (Å²) in [6, 6.07) is 0. The first-order valence-electron chi connectivity index (χ1n) is 5.21. The number of hydrogen-bond donors (Lipinski definition) is 2. The standard InChI is InChI=1S/C9H17N5O/c1-14-4-5-15-7(6-14)9-11-8(2-3-10)12-13-9/h7H,2-6,10H2,1H3,(H,11,12,13). The molecule has 3 N–H and O–H groups in total. The summed E-state index contributed by atoms with van der Waals surface area (Å²) in [7, 11) is 2.07. The Balaban J connectivity index is 2.01. The van der Waals surface area contributed by atoms with Gasteiger partial charge in [0.05, 0.1) is 6.61 Å². The van der Waals surface area contributed by atoms with Gasteiger partial charge in [-0.2, -0.15) is 5.10 Å². The van der Waals surface area contributed by atoms with E-state index in [1.165, 1.54) is 0 Å². The van der Waals surface area contributed by atoms with Crippen molar-refractivity contribution >= 4 is 0 Å². The third-order valence-electron chi connectivity index (χ3n) is 2.49. The Bertz CT molecular complexity index is 313. The van der Waals surface area contributed by atoms with Crippen LogP contribution in [0.25, 0.3) is 0 Å². The van der Waals surface area contributed by atoms with Crippen LogP contribution in [0.15, 0.2) is 0 Å². The van der Waals surface area contributed by atoms with Crippen LogP contribution in [0, 0.1) is 0 Å². The van der Waals surface area contributed by atoms with Gasteiger partial charge in [-0.3, -0.25) is 5.10 Å². The van der Waals surface area contributed by atoms with E-state index in [1.54, 1.807) is 0 Å². The molecule has 0 amide bonds. The fourth-order valence-corrected chi connectivity index (χ4v) is 1.64. The van der Waals surface area contributed by atoms with Crippen LogP contribution in [0.4, 0.5) is 0 Å². The molecular weight excluding hydrogens is 194 g/mol. The predicted octanol–water partition coefficient (Wildman–Crippen LogP) is -0.691. The molecule has 0 aromatic carbocycles. The summed E-state index contributed by atoms with van der Waals surface area (Å²) in [6.07, 6.45) is 0.724. The molecular formula is C9H17N5O. The molecule has 0 aliphatic carbocycles. The monoisotopic (exact) mass is 211 g/mol. The van der Waals surface area contributed by atoms with Crippen LogP contribution in [0.2, 0.25) is 0 Å². The van der Waals surface area contributed by atoms with Gasteiger partial charge in [-0.05, 0) is 13.6 Å². The Kier molecular flexibility index (Phi) is 3.30. The molecule has 0 bridgehead atoms. The summed E-state index contributed by atoms with van der Waals surface area (Å²) >= 11 is 0. The maximum atomic E-state index is 5.61. The van der Waals surface area contributed by atoms with Crippen molar-refractivity contribution in [3.05, 3.63) is 11.6 Å². The van der Waals surface area contributed by atoms with Crippen molar-refractivity contribution in [1.82, 2.24) is 20.1 Å². The fourth-order valence-electron chi connectivity index (χ4n) is 1.64. The maximum Gasteiger partial charge on any atom is 0.180 e. The van der Waals surface area contributed by atoms with Crippen molar-refractivity contribution in [2.75, 3.05) is 33.3 Å². The van der Waals surface area contributed by atoms with E-state index in [0.717, 1.165) is 37.8 Å². The van der Waals surface area contributed by atoms with Crippen LogP contribution in [0.3, 0.4) is 0 Å². The molecule has 1 fully saturated rings. The number of aromatic nitrogens is 3. The molecule has 2 heterocycles. The van der Waals surface area contributed by atoms with E-state index >= 15 is 0 Å². The topological polar surface area (TPSA) is 80.1 Å². The van der Waals surface area contributed by atoms with Gasteiger partial charge in [0.2, 0.25) is 0 Å². The zero-order chi connectivity index (χ0) is 10.7. The lowest BCUT2D eigenvalue weighted by Gasteiger charge is -2.28. The Hall–Kier alpha value is -0.980. The summed E-state index contributed by atoms with van der Waals surface area (Å²) in [5, 5.41) is 7.03. The number of hydrogen-bond acceptors (Lipinski definition) is 5. The van der Waals surface area contributed by atoms with Crippen LogP contribution >= 0.6 is 0 Å². The van der Waals surface area contributed by atoms with E-state index in [-0.39, 0.29) is 6.10 Å². The third kappa shape index (κ3) is 2.53. The van der Waals surface area contributed by atoms with Gasteiger partial charge in [-0.15, -0.1) is 0 Å². The summed E-state index contributed by atoms with van der Waals surface area (Å²) < 4.78 is 5.61. The van der Waals surface area contributed by atoms with E-state index in [0.29, 0.717) is 6.54 Å². The maximum absolute atomic E-state index is 5.61. The molecule has 1 aromatic heterocycles. The smallest absolute Gasteiger partial charge is 0.180 e. The number of aromatic amines is 1. The van der Waals surface area contributed by atoms with Gasteiger partial charge in [0.1, 0.15) is 11.9 Å². The van der Waals surface area contributed by atoms with Crippen LogP contribution in [-0.4, -0.2) is 53.4 Å². The van der Waals surface area contributed by atoms with Crippen molar-refractivity contribution < 1.29 is 4.74 Å². The highest BCUT2D eigenvalue weighted by molar-refractivity contribution is 4.96. The van der Waals surface area contributed by atoms with Gasteiger partial charge in [0.15, 0.2) is 5.82 Å². The average molecular weight is 211 g/mol. The lowest BCUT2D eigenvalue weighted by molar-refractivity contribution is -0.0253. The molecule has 0 spiro atoms. The number of nitrogens with one attached hydrogen (secondary N) is 1. The summed E-state index contributed by atoms with van der Waals surface area (Å²) in [5.74, 6) is 1.58. The van der Waals surface area contributed by atoms with Gasteiger partial charge in [0.25, 0.3) is 0 Å². The van der Waals surface area contributed by atoms with Gasteiger partial charge < -0.3 is 15.4 Å². The number of H-pyrrole nitrogens is 1. The molecule has 0 saturated carbocycles. The average Bonchev–Trinajstić information content (AvgIpc) is 2.67. The summed E-state index contributed by atoms with van der Waals surface area (Å²) in [6.45, 7) is 3.14. The van der Waals surface area contributed by atoms with Gasteiger partial charge in [-0.25, -0.2) is 4.98 Å². The molecule has 1 aliphatic rings. The quantitative estimate of drug-likeness (QED) is 0.691. The van der Waals surface area contributed by atoms with E-state index in [1.807, 2.05) is 0 Å². The molecule has 1 atom stereocenters. The SMILES string of the molecule is CN1CCOC(c2n[nH]c(CCN)n2)C1. The molecule has 1 saturated heterocycles. The van der Waals surface area contributed by atoms with Gasteiger partial charge in [-0.1, -0.05) is 0 Å². The summed E-state index contributed by atoms with van der Waals surface area (Å²) in [5.41, 5.74) is 5.44. The fraction of sp³-hybridized carbons (Fsp3) is 0.778. The largest absolute Gasteiger partial charge is 0.367 e. The highest BCUT2D eigenvalue weighted by Crippen LogP contribution is 2.17. The molecule has 0 radical (unpaired) electrons. The van der Waals surface area contributed by atoms with Crippen LogP contribution < -0.4 is 5.73 Å². The number of morpholine rings is 1. The summed E-state index contributed by atoms with van der Waals surface area (Å²) in [4.78, 5) is 6.58. The second-order valence-electron chi connectivity index (χ2n) is 3.80. The zero-order valence-electron chi connectivity index (χ0n) is 8.94. The van der Waals surface area contributed by atoms with Gasteiger partial charge >= 0.3 is 0 Å². The van der Waals surface area contributed by atoms with Crippen molar-refractivity contribution in [3.63, 3.8) is 0 Å². The molecule has 1 unspecified atom stereocenters. The number of rotatable bonds is 3. The minimum atomic E-state index is -0.00785.